The molecule has 3 nitrogen and oxygen atoms in total. The van der Waals surface area contributed by atoms with Gasteiger partial charge in [0.05, 0.1) is 5.56 Å². The molecule has 0 aromatic heterocycles. The molecule has 2 atom stereocenters. The standard InChI is InChI=1S/C13H14ClF3N2O/c14-9-4-8(13(15,16)17)5-10(6-9)19-12(20)3-7-1-2-11(7)18/h4-7,11H,1-3,18H2,(H,19,20). The van der Waals surface area contributed by atoms with E-state index in [1.165, 1.54) is 6.07 Å². The third kappa shape index (κ3) is 3.64. The summed E-state index contributed by atoms with van der Waals surface area (Å²) in [5.41, 5.74) is 4.88. The Hall–Kier alpha value is -1.27. The molecule has 1 amide bonds. The van der Waals surface area contributed by atoms with Crippen molar-refractivity contribution in [2.75, 3.05) is 5.32 Å². The van der Waals surface area contributed by atoms with Gasteiger partial charge in [0.2, 0.25) is 5.91 Å². The van der Waals surface area contributed by atoms with E-state index in [1.807, 2.05) is 0 Å². The second kappa shape index (κ2) is 5.61. The topological polar surface area (TPSA) is 55.1 Å². The molecule has 2 unspecified atom stereocenters. The van der Waals surface area contributed by atoms with Crippen molar-refractivity contribution in [1.82, 2.24) is 0 Å². The van der Waals surface area contributed by atoms with Crippen LogP contribution in [0, 0.1) is 5.92 Å². The zero-order valence-corrected chi connectivity index (χ0v) is 11.3. The molecule has 1 aromatic rings. The maximum Gasteiger partial charge on any atom is 0.416 e. The highest BCUT2D eigenvalue weighted by Crippen LogP contribution is 2.34. The first kappa shape index (κ1) is 15.1. The molecule has 0 aliphatic heterocycles. The second-order valence-corrected chi connectivity index (χ2v) is 5.42. The first-order valence-corrected chi connectivity index (χ1v) is 6.57. The first-order valence-electron chi connectivity index (χ1n) is 6.19. The van der Waals surface area contributed by atoms with E-state index >= 15 is 0 Å². The van der Waals surface area contributed by atoms with Gasteiger partial charge in [-0.1, -0.05) is 11.6 Å². The molecule has 1 fully saturated rings. The number of anilines is 1. The molecule has 0 spiro atoms. The molecule has 0 bridgehead atoms. The summed E-state index contributed by atoms with van der Waals surface area (Å²) in [5.74, 6) is -0.239. The molecule has 7 heteroatoms. The minimum Gasteiger partial charge on any atom is -0.327 e. The van der Waals surface area contributed by atoms with Gasteiger partial charge in [0.1, 0.15) is 0 Å². The summed E-state index contributed by atoms with van der Waals surface area (Å²) in [6.07, 6.45) is -2.53. The lowest BCUT2D eigenvalue weighted by atomic mass is 9.78. The molecule has 3 N–H and O–H groups in total. The molecular formula is C13H14ClF3N2O. The number of carbonyl (C=O) groups is 1. The van der Waals surface area contributed by atoms with E-state index in [0.29, 0.717) is 0 Å². The van der Waals surface area contributed by atoms with Crippen molar-refractivity contribution in [2.24, 2.45) is 11.7 Å². The Morgan fingerprint density at radius 3 is 2.55 bits per heavy atom. The van der Waals surface area contributed by atoms with Crippen LogP contribution in [-0.4, -0.2) is 11.9 Å². The van der Waals surface area contributed by atoms with Gasteiger partial charge in [0, 0.05) is 23.2 Å². The van der Waals surface area contributed by atoms with Gasteiger partial charge in [-0.25, -0.2) is 0 Å². The first-order chi connectivity index (χ1) is 9.25. The number of rotatable bonds is 3. The van der Waals surface area contributed by atoms with Crippen molar-refractivity contribution in [3.05, 3.63) is 28.8 Å². The molecule has 0 saturated heterocycles. The van der Waals surface area contributed by atoms with E-state index in [1.54, 1.807) is 0 Å². The average molecular weight is 307 g/mol. The lowest BCUT2D eigenvalue weighted by Crippen LogP contribution is -2.41. The Labute approximate surface area is 119 Å². The van der Waals surface area contributed by atoms with Gasteiger partial charge in [-0.3, -0.25) is 4.79 Å². The lowest BCUT2D eigenvalue weighted by molar-refractivity contribution is -0.137. The van der Waals surface area contributed by atoms with E-state index in [4.69, 9.17) is 17.3 Å². The maximum atomic E-state index is 12.6. The van der Waals surface area contributed by atoms with Crippen LogP contribution in [-0.2, 0) is 11.0 Å². The van der Waals surface area contributed by atoms with Crippen LogP contribution in [0.4, 0.5) is 18.9 Å². The van der Waals surface area contributed by atoms with Gasteiger partial charge in [-0.2, -0.15) is 13.2 Å². The highest BCUT2D eigenvalue weighted by Gasteiger charge is 2.32. The predicted octanol–water partition coefficient (Wildman–Crippen LogP) is 3.42. The Kier molecular flexibility index (Phi) is 4.25. The Bertz CT molecular complexity index is 519. The lowest BCUT2D eigenvalue weighted by Gasteiger charge is -2.32. The second-order valence-electron chi connectivity index (χ2n) is 4.98. The smallest absolute Gasteiger partial charge is 0.327 e. The van der Waals surface area contributed by atoms with Gasteiger partial charge < -0.3 is 11.1 Å². The molecule has 0 heterocycles. The summed E-state index contributed by atoms with van der Waals surface area (Å²) in [6.45, 7) is 0. The maximum absolute atomic E-state index is 12.6. The van der Waals surface area contributed by atoms with Crippen molar-refractivity contribution < 1.29 is 18.0 Å². The number of benzene rings is 1. The molecule has 1 saturated carbocycles. The van der Waals surface area contributed by atoms with E-state index in [-0.39, 0.29) is 35.0 Å². The van der Waals surface area contributed by atoms with Gasteiger partial charge >= 0.3 is 6.18 Å². The van der Waals surface area contributed by atoms with Crippen LogP contribution in [0.3, 0.4) is 0 Å². The van der Waals surface area contributed by atoms with Gasteiger partial charge in [0.15, 0.2) is 0 Å². The minimum atomic E-state index is -4.50. The van der Waals surface area contributed by atoms with Crippen molar-refractivity contribution in [3.8, 4) is 0 Å². The molecule has 1 aromatic carbocycles. The van der Waals surface area contributed by atoms with Crippen LogP contribution in [0.1, 0.15) is 24.8 Å². The summed E-state index contributed by atoms with van der Waals surface area (Å²) in [7, 11) is 0. The predicted molar refractivity (Wildman–Crippen MR) is 70.4 cm³/mol. The Balaban J connectivity index is 2.05. The SMILES string of the molecule is NC1CCC1CC(=O)Nc1cc(Cl)cc(C(F)(F)F)c1. The van der Waals surface area contributed by atoms with Gasteiger partial charge in [-0.05, 0) is 37.0 Å². The van der Waals surface area contributed by atoms with Crippen molar-refractivity contribution in [2.45, 2.75) is 31.5 Å². The molecular weight excluding hydrogens is 293 g/mol. The third-order valence-corrected chi connectivity index (χ3v) is 3.65. The van der Waals surface area contributed by atoms with Crippen LogP contribution >= 0.6 is 11.6 Å². The van der Waals surface area contributed by atoms with E-state index in [0.717, 1.165) is 25.0 Å². The van der Waals surface area contributed by atoms with Crippen LogP contribution in [0.25, 0.3) is 0 Å². The Morgan fingerprint density at radius 2 is 2.05 bits per heavy atom. The fraction of sp³-hybridized carbons (Fsp3) is 0.462. The van der Waals surface area contributed by atoms with Crippen molar-refractivity contribution >= 4 is 23.2 Å². The fourth-order valence-electron chi connectivity index (χ4n) is 2.12. The number of hydrogen-bond donors (Lipinski definition) is 2. The zero-order chi connectivity index (χ0) is 14.9. The summed E-state index contributed by atoms with van der Waals surface area (Å²) < 4.78 is 37.9. The molecule has 1 aliphatic carbocycles. The number of amides is 1. The zero-order valence-electron chi connectivity index (χ0n) is 10.5. The molecule has 110 valence electrons. The van der Waals surface area contributed by atoms with Crippen molar-refractivity contribution in [1.29, 1.82) is 0 Å². The van der Waals surface area contributed by atoms with E-state index < -0.39 is 11.7 Å². The average Bonchev–Trinajstić information content (AvgIpc) is 2.32. The Morgan fingerprint density at radius 1 is 1.35 bits per heavy atom. The molecule has 1 aliphatic rings. The molecule has 0 radical (unpaired) electrons. The molecule has 20 heavy (non-hydrogen) atoms. The monoisotopic (exact) mass is 306 g/mol. The summed E-state index contributed by atoms with van der Waals surface area (Å²) >= 11 is 5.64. The van der Waals surface area contributed by atoms with E-state index in [2.05, 4.69) is 5.32 Å². The summed E-state index contributed by atoms with van der Waals surface area (Å²) in [5, 5.41) is 2.36. The number of hydrogen-bond acceptors (Lipinski definition) is 2. The quantitative estimate of drug-likeness (QED) is 0.899. The summed E-state index contributed by atoms with van der Waals surface area (Å²) in [4.78, 5) is 11.7. The number of nitrogens with two attached hydrogens (primary N) is 1. The minimum absolute atomic E-state index is 0.00541. The normalized spacial score (nSPS) is 22.2. The van der Waals surface area contributed by atoms with Crippen LogP contribution in [0.2, 0.25) is 5.02 Å². The van der Waals surface area contributed by atoms with Gasteiger partial charge in [0.25, 0.3) is 0 Å². The van der Waals surface area contributed by atoms with Crippen molar-refractivity contribution in [3.63, 3.8) is 0 Å². The highest BCUT2D eigenvalue weighted by molar-refractivity contribution is 6.31. The number of carbonyl (C=O) groups excluding carboxylic acids is 1. The van der Waals surface area contributed by atoms with Crippen LogP contribution < -0.4 is 11.1 Å². The number of nitrogens with one attached hydrogen (secondary N) is 1. The van der Waals surface area contributed by atoms with Crippen LogP contribution in [0.5, 0.6) is 0 Å². The third-order valence-electron chi connectivity index (χ3n) is 3.43. The number of halogens is 4. The number of alkyl halides is 3. The highest BCUT2D eigenvalue weighted by atomic mass is 35.5. The largest absolute Gasteiger partial charge is 0.416 e. The van der Waals surface area contributed by atoms with Crippen LogP contribution in [0.15, 0.2) is 18.2 Å². The van der Waals surface area contributed by atoms with E-state index in [9.17, 15) is 18.0 Å². The molecule has 2 rings (SSSR count). The fourth-order valence-corrected chi connectivity index (χ4v) is 2.36. The van der Waals surface area contributed by atoms with Gasteiger partial charge in [-0.15, -0.1) is 0 Å². The summed E-state index contributed by atoms with van der Waals surface area (Å²) in [6, 6.07) is 2.98.